The molecule has 0 aliphatic carbocycles. The Kier molecular flexibility index (Phi) is 2.76. The van der Waals surface area contributed by atoms with Gasteiger partial charge in [0.1, 0.15) is 6.04 Å². The van der Waals surface area contributed by atoms with Gasteiger partial charge in [-0.1, -0.05) is 42.5 Å². The predicted molar refractivity (Wildman–Crippen MR) is 70.7 cm³/mol. The summed E-state index contributed by atoms with van der Waals surface area (Å²) in [5, 5.41) is 14.5. The van der Waals surface area contributed by atoms with Crippen LogP contribution in [0.1, 0.15) is 17.9 Å². The summed E-state index contributed by atoms with van der Waals surface area (Å²) in [4.78, 5) is 11.0. The van der Waals surface area contributed by atoms with E-state index in [0.29, 0.717) is 6.42 Å². The fourth-order valence-electron chi connectivity index (χ4n) is 2.77. The maximum Gasteiger partial charge on any atom is 0.320 e. The number of fused-ring (bicyclic) bond motifs is 1. The summed E-state index contributed by atoms with van der Waals surface area (Å²) in [7, 11) is 0. The maximum atomic E-state index is 11.0. The number of aliphatic carboxylic acids is 1. The van der Waals surface area contributed by atoms with E-state index in [1.165, 1.54) is 16.3 Å². The third-order valence-electron chi connectivity index (χ3n) is 3.69. The Morgan fingerprint density at radius 3 is 2.72 bits per heavy atom. The number of hydrogen-bond donors (Lipinski definition) is 2. The van der Waals surface area contributed by atoms with Crippen LogP contribution in [0, 0.1) is 0 Å². The largest absolute Gasteiger partial charge is 0.480 e. The Labute approximate surface area is 105 Å². The molecule has 0 unspecified atom stereocenters. The van der Waals surface area contributed by atoms with Crippen molar-refractivity contribution in [2.45, 2.75) is 18.4 Å². The highest BCUT2D eigenvalue weighted by Crippen LogP contribution is 2.31. The van der Waals surface area contributed by atoms with Crippen molar-refractivity contribution in [3.05, 3.63) is 48.0 Å². The molecule has 0 amide bonds. The van der Waals surface area contributed by atoms with Gasteiger partial charge in [0.05, 0.1) is 0 Å². The van der Waals surface area contributed by atoms with Gasteiger partial charge >= 0.3 is 5.97 Å². The van der Waals surface area contributed by atoms with Crippen LogP contribution in [0.4, 0.5) is 0 Å². The number of benzene rings is 2. The molecule has 3 rings (SSSR count). The fraction of sp³-hybridized carbons (Fsp3) is 0.267. The molecule has 2 aromatic carbocycles. The minimum atomic E-state index is -0.752. The zero-order valence-corrected chi connectivity index (χ0v) is 9.97. The molecule has 1 aliphatic rings. The van der Waals surface area contributed by atoms with Crippen LogP contribution < -0.4 is 5.32 Å². The molecular formula is C15H15NO2. The summed E-state index contributed by atoms with van der Waals surface area (Å²) in [5.41, 5.74) is 1.25. The molecule has 1 fully saturated rings. The summed E-state index contributed by atoms with van der Waals surface area (Å²) >= 11 is 0. The van der Waals surface area contributed by atoms with Crippen molar-refractivity contribution in [1.82, 2.24) is 5.32 Å². The van der Waals surface area contributed by atoms with E-state index < -0.39 is 12.0 Å². The van der Waals surface area contributed by atoms with E-state index in [2.05, 4.69) is 29.6 Å². The Morgan fingerprint density at radius 2 is 1.94 bits per heavy atom. The summed E-state index contributed by atoms with van der Waals surface area (Å²) in [6, 6.07) is 14.1. The second-order valence-corrected chi connectivity index (χ2v) is 4.80. The zero-order chi connectivity index (χ0) is 12.5. The molecule has 0 saturated carbocycles. The van der Waals surface area contributed by atoms with Gasteiger partial charge in [-0.05, 0) is 28.7 Å². The van der Waals surface area contributed by atoms with Crippen molar-refractivity contribution in [1.29, 1.82) is 0 Å². The van der Waals surface area contributed by atoms with Crippen molar-refractivity contribution in [2.24, 2.45) is 0 Å². The lowest BCUT2D eigenvalue weighted by molar-refractivity contribution is -0.139. The Morgan fingerprint density at radius 1 is 1.17 bits per heavy atom. The molecule has 1 heterocycles. The average Bonchev–Trinajstić information content (AvgIpc) is 2.87. The van der Waals surface area contributed by atoms with Crippen molar-refractivity contribution >= 4 is 16.7 Å². The first-order chi connectivity index (χ1) is 8.75. The summed E-state index contributed by atoms with van der Waals surface area (Å²) in [6.07, 6.45) is 0.670. The number of nitrogens with one attached hydrogen (secondary N) is 1. The molecule has 1 saturated heterocycles. The molecule has 1 aliphatic heterocycles. The van der Waals surface area contributed by atoms with Gasteiger partial charge in [-0.25, -0.2) is 0 Å². The average molecular weight is 241 g/mol. The van der Waals surface area contributed by atoms with Gasteiger partial charge in [-0.15, -0.1) is 0 Å². The van der Waals surface area contributed by atoms with Crippen molar-refractivity contribution < 1.29 is 9.90 Å². The van der Waals surface area contributed by atoms with Crippen LogP contribution in [0.2, 0.25) is 0 Å². The number of carbonyl (C=O) groups is 1. The first-order valence-electron chi connectivity index (χ1n) is 6.19. The van der Waals surface area contributed by atoms with Crippen molar-refractivity contribution in [3.8, 4) is 0 Å². The van der Waals surface area contributed by atoms with Gasteiger partial charge in [0.15, 0.2) is 0 Å². The van der Waals surface area contributed by atoms with Crippen molar-refractivity contribution in [3.63, 3.8) is 0 Å². The molecular weight excluding hydrogens is 226 g/mol. The Bertz CT molecular complexity index is 589. The molecule has 18 heavy (non-hydrogen) atoms. The SMILES string of the molecule is O=C(O)[C@@H]1C[C@H](c2cccc3ccccc23)CN1. The maximum absolute atomic E-state index is 11.0. The van der Waals surface area contributed by atoms with E-state index in [-0.39, 0.29) is 5.92 Å². The Balaban J connectivity index is 1.98. The number of rotatable bonds is 2. The van der Waals surface area contributed by atoms with Gasteiger partial charge in [0.2, 0.25) is 0 Å². The second kappa shape index (κ2) is 4.42. The Hall–Kier alpha value is -1.87. The van der Waals surface area contributed by atoms with Gasteiger partial charge in [-0.3, -0.25) is 4.79 Å². The van der Waals surface area contributed by atoms with Gasteiger partial charge in [-0.2, -0.15) is 0 Å². The summed E-state index contributed by atoms with van der Waals surface area (Å²) in [5.74, 6) is -0.463. The van der Waals surface area contributed by atoms with Crippen LogP contribution in [0.3, 0.4) is 0 Å². The van der Waals surface area contributed by atoms with Crippen LogP contribution in [0.5, 0.6) is 0 Å². The highest BCUT2D eigenvalue weighted by Gasteiger charge is 2.30. The van der Waals surface area contributed by atoms with Crippen LogP contribution >= 0.6 is 0 Å². The van der Waals surface area contributed by atoms with Crippen LogP contribution in [-0.4, -0.2) is 23.7 Å². The topological polar surface area (TPSA) is 49.3 Å². The van der Waals surface area contributed by atoms with E-state index in [1.54, 1.807) is 0 Å². The molecule has 3 heteroatoms. The first-order valence-corrected chi connectivity index (χ1v) is 6.19. The monoisotopic (exact) mass is 241 g/mol. The lowest BCUT2D eigenvalue weighted by Crippen LogP contribution is -2.29. The third-order valence-corrected chi connectivity index (χ3v) is 3.69. The minimum Gasteiger partial charge on any atom is -0.480 e. The molecule has 2 atom stereocenters. The van der Waals surface area contributed by atoms with Crippen LogP contribution in [-0.2, 0) is 4.79 Å². The first kappa shape index (κ1) is 11.2. The van der Waals surface area contributed by atoms with E-state index >= 15 is 0 Å². The third kappa shape index (κ3) is 1.87. The number of carboxylic acids is 1. The van der Waals surface area contributed by atoms with Gasteiger partial charge < -0.3 is 10.4 Å². The number of hydrogen-bond acceptors (Lipinski definition) is 2. The highest BCUT2D eigenvalue weighted by molar-refractivity contribution is 5.86. The van der Waals surface area contributed by atoms with Gasteiger partial charge in [0.25, 0.3) is 0 Å². The normalized spacial score (nSPS) is 23.3. The highest BCUT2D eigenvalue weighted by atomic mass is 16.4. The molecule has 0 radical (unpaired) electrons. The quantitative estimate of drug-likeness (QED) is 0.848. The molecule has 0 spiro atoms. The van der Waals surface area contributed by atoms with Crippen molar-refractivity contribution in [2.75, 3.05) is 6.54 Å². The fourth-order valence-corrected chi connectivity index (χ4v) is 2.77. The molecule has 2 N–H and O–H groups in total. The second-order valence-electron chi connectivity index (χ2n) is 4.80. The van der Waals surface area contributed by atoms with Gasteiger partial charge in [0, 0.05) is 6.54 Å². The molecule has 3 nitrogen and oxygen atoms in total. The van der Waals surface area contributed by atoms with E-state index in [9.17, 15) is 4.79 Å². The van der Waals surface area contributed by atoms with E-state index in [4.69, 9.17) is 5.11 Å². The van der Waals surface area contributed by atoms with E-state index in [0.717, 1.165) is 6.54 Å². The standard InChI is InChI=1S/C15H15NO2/c17-15(18)14-8-11(9-16-14)13-7-3-5-10-4-1-2-6-12(10)13/h1-7,11,14,16H,8-9H2,(H,17,18)/t11-,14-/m0/s1. The molecule has 2 aromatic rings. The van der Waals surface area contributed by atoms with Crippen LogP contribution in [0.25, 0.3) is 10.8 Å². The lowest BCUT2D eigenvalue weighted by Gasteiger charge is -2.12. The van der Waals surface area contributed by atoms with E-state index in [1.807, 2.05) is 18.2 Å². The zero-order valence-electron chi connectivity index (χ0n) is 9.97. The van der Waals surface area contributed by atoms with Crippen LogP contribution in [0.15, 0.2) is 42.5 Å². The summed E-state index contributed by atoms with van der Waals surface area (Å²) in [6.45, 7) is 0.741. The minimum absolute atomic E-state index is 0.289. The molecule has 92 valence electrons. The number of carboxylic acid groups (broad SMARTS) is 1. The smallest absolute Gasteiger partial charge is 0.320 e. The lowest BCUT2D eigenvalue weighted by atomic mass is 9.91. The molecule has 0 bridgehead atoms. The predicted octanol–water partition coefficient (Wildman–Crippen LogP) is 2.37. The summed E-state index contributed by atoms with van der Waals surface area (Å²) < 4.78 is 0. The molecule has 0 aromatic heterocycles.